The molecule has 0 aliphatic heterocycles. The van der Waals surface area contributed by atoms with Crippen molar-refractivity contribution in [3.05, 3.63) is 78.1 Å². The van der Waals surface area contributed by atoms with Gasteiger partial charge in [-0.25, -0.2) is 9.37 Å². The molecule has 2 N–H and O–H groups in total. The van der Waals surface area contributed by atoms with Crippen molar-refractivity contribution in [1.82, 2.24) is 9.97 Å². The first-order chi connectivity index (χ1) is 12.2. The molecule has 0 saturated heterocycles. The number of fused-ring (bicyclic) bond motifs is 1. The first kappa shape index (κ1) is 15.2. The number of nitrogens with one attached hydrogen (secondary N) is 2. The fraction of sp³-hybridized carbons (Fsp3) is 0.0500. The predicted molar refractivity (Wildman–Crippen MR) is 97.0 cm³/mol. The van der Waals surface area contributed by atoms with Gasteiger partial charge in [0.25, 0.3) is 0 Å². The van der Waals surface area contributed by atoms with Crippen molar-refractivity contribution in [2.45, 2.75) is 6.92 Å². The number of hydrogen-bond acceptors (Lipinski definition) is 3. The SMILES string of the molecule is Cc1ccc(Oc2ccc3[nH]c(Nc4ccccc4)nc3c2F)cc1. The molecule has 0 spiro atoms. The lowest BCUT2D eigenvalue weighted by atomic mass is 10.2. The van der Waals surface area contributed by atoms with E-state index in [4.69, 9.17) is 4.74 Å². The van der Waals surface area contributed by atoms with Gasteiger partial charge >= 0.3 is 0 Å². The molecular weight excluding hydrogens is 317 g/mol. The number of aromatic amines is 1. The van der Waals surface area contributed by atoms with E-state index in [0.29, 0.717) is 17.2 Å². The number of nitrogens with zero attached hydrogens (tertiary/aromatic N) is 1. The van der Waals surface area contributed by atoms with Crippen LogP contribution in [-0.4, -0.2) is 9.97 Å². The molecule has 0 unspecified atom stereocenters. The van der Waals surface area contributed by atoms with E-state index in [-0.39, 0.29) is 11.3 Å². The highest BCUT2D eigenvalue weighted by Gasteiger charge is 2.14. The largest absolute Gasteiger partial charge is 0.454 e. The topological polar surface area (TPSA) is 49.9 Å². The second kappa shape index (κ2) is 6.28. The number of ether oxygens (including phenoxy) is 1. The Morgan fingerprint density at radius 1 is 0.960 bits per heavy atom. The Kier molecular flexibility index (Phi) is 3.82. The van der Waals surface area contributed by atoms with E-state index >= 15 is 0 Å². The van der Waals surface area contributed by atoms with Crippen molar-refractivity contribution in [1.29, 1.82) is 0 Å². The van der Waals surface area contributed by atoms with Crippen LogP contribution in [0.25, 0.3) is 11.0 Å². The third-order valence-corrected chi connectivity index (χ3v) is 3.84. The molecule has 3 aromatic carbocycles. The van der Waals surface area contributed by atoms with Gasteiger partial charge in [-0.1, -0.05) is 35.9 Å². The van der Waals surface area contributed by atoms with Crippen LogP contribution in [0, 0.1) is 12.7 Å². The van der Waals surface area contributed by atoms with Crippen LogP contribution >= 0.6 is 0 Å². The molecular formula is C20H16FN3O. The maximum absolute atomic E-state index is 14.8. The third-order valence-electron chi connectivity index (χ3n) is 3.84. The van der Waals surface area contributed by atoms with Gasteiger partial charge in [0.05, 0.1) is 5.52 Å². The molecule has 4 rings (SSSR count). The molecule has 1 aromatic heterocycles. The molecule has 4 aromatic rings. The molecule has 0 aliphatic rings. The maximum Gasteiger partial charge on any atom is 0.205 e. The Balaban J connectivity index is 1.64. The molecule has 1 heterocycles. The summed E-state index contributed by atoms with van der Waals surface area (Å²) in [5.74, 6) is 0.721. The van der Waals surface area contributed by atoms with Crippen LogP contribution in [0.4, 0.5) is 16.0 Å². The number of aromatic nitrogens is 2. The zero-order valence-electron chi connectivity index (χ0n) is 13.6. The van der Waals surface area contributed by atoms with Gasteiger partial charge < -0.3 is 15.0 Å². The van der Waals surface area contributed by atoms with Crippen molar-refractivity contribution in [3.8, 4) is 11.5 Å². The number of para-hydroxylation sites is 1. The molecule has 4 nitrogen and oxygen atoms in total. The smallest absolute Gasteiger partial charge is 0.205 e. The van der Waals surface area contributed by atoms with Crippen LogP contribution in [0.2, 0.25) is 0 Å². The Bertz CT molecular complexity index is 1010. The summed E-state index contributed by atoms with van der Waals surface area (Å²) in [5.41, 5.74) is 2.83. The fourth-order valence-corrected chi connectivity index (χ4v) is 2.55. The van der Waals surface area contributed by atoms with Crippen LogP contribution in [-0.2, 0) is 0 Å². The first-order valence-electron chi connectivity index (χ1n) is 7.94. The third kappa shape index (κ3) is 3.17. The molecule has 0 bridgehead atoms. The van der Waals surface area contributed by atoms with Gasteiger partial charge in [0.15, 0.2) is 11.6 Å². The maximum atomic E-state index is 14.8. The number of halogens is 1. The van der Waals surface area contributed by atoms with Gasteiger partial charge in [0, 0.05) is 5.69 Å². The monoisotopic (exact) mass is 333 g/mol. The van der Waals surface area contributed by atoms with Crippen molar-refractivity contribution < 1.29 is 9.13 Å². The van der Waals surface area contributed by atoms with Gasteiger partial charge in [-0.15, -0.1) is 0 Å². The Morgan fingerprint density at radius 3 is 2.48 bits per heavy atom. The highest BCUT2D eigenvalue weighted by atomic mass is 19.1. The summed E-state index contributed by atoms with van der Waals surface area (Å²) in [7, 11) is 0. The zero-order valence-corrected chi connectivity index (χ0v) is 13.6. The van der Waals surface area contributed by atoms with Gasteiger partial charge in [-0.05, 0) is 43.3 Å². The van der Waals surface area contributed by atoms with E-state index in [0.717, 1.165) is 11.3 Å². The van der Waals surface area contributed by atoms with Crippen LogP contribution in [0.1, 0.15) is 5.56 Å². The number of rotatable bonds is 4. The van der Waals surface area contributed by atoms with Crippen molar-refractivity contribution >= 4 is 22.7 Å². The van der Waals surface area contributed by atoms with Crippen LogP contribution in [0.5, 0.6) is 11.5 Å². The minimum absolute atomic E-state index is 0.147. The summed E-state index contributed by atoms with van der Waals surface area (Å²) in [6.07, 6.45) is 0. The number of imidazole rings is 1. The Hall–Kier alpha value is -3.34. The van der Waals surface area contributed by atoms with Crippen LogP contribution < -0.4 is 10.1 Å². The number of anilines is 2. The predicted octanol–water partition coefficient (Wildman–Crippen LogP) is 5.55. The molecule has 0 fully saturated rings. The molecule has 0 aliphatic carbocycles. The molecule has 5 heteroatoms. The Morgan fingerprint density at radius 2 is 1.72 bits per heavy atom. The van der Waals surface area contributed by atoms with Crippen molar-refractivity contribution in [2.24, 2.45) is 0 Å². The number of H-pyrrole nitrogens is 1. The molecule has 0 atom stereocenters. The first-order valence-corrected chi connectivity index (χ1v) is 7.94. The average Bonchev–Trinajstić information content (AvgIpc) is 3.04. The van der Waals surface area contributed by atoms with Gasteiger partial charge in [0.1, 0.15) is 11.3 Å². The lowest BCUT2D eigenvalue weighted by molar-refractivity contribution is 0.445. The van der Waals surface area contributed by atoms with Crippen molar-refractivity contribution in [3.63, 3.8) is 0 Å². The molecule has 124 valence electrons. The summed E-state index contributed by atoms with van der Waals surface area (Å²) in [6, 6.07) is 20.4. The summed E-state index contributed by atoms with van der Waals surface area (Å²) in [6.45, 7) is 1.99. The lowest BCUT2D eigenvalue weighted by Crippen LogP contribution is -1.91. The second-order valence-corrected chi connectivity index (χ2v) is 5.77. The summed E-state index contributed by atoms with van der Waals surface area (Å²) in [5, 5.41) is 3.12. The summed E-state index contributed by atoms with van der Waals surface area (Å²) < 4.78 is 20.4. The number of hydrogen-bond donors (Lipinski definition) is 2. The molecule has 0 saturated carbocycles. The average molecular weight is 333 g/mol. The molecule has 0 radical (unpaired) electrons. The fourth-order valence-electron chi connectivity index (χ4n) is 2.55. The quantitative estimate of drug-likeness (QED) is 0.515. The van der Waals surface area contributed by atoms with Gasteiger partial charge in [0.2, 0.25) is 5.95 Å². The number of aryl methyl sites for hydroxylation is 1. The lowest BCUT2D eigenvalue weighted by Gasteiger charge is -2.07. The van der Waals surface area contributed by atoms with E-state index in [1.54, 1.807) is 12.1 Å². The number of benzene rings is 3. The zero-order chi connectivity index (χ0) is 17.2. The standard InChI is InChI=1S/C20H16FN3O/c1-13-7-9-15(10-8-13)25-17-12-11-16-19(18(17)21)24-20(23-16)22-14-5-3-2-4-6-14/h2-12H,1H3,(H2,22,23,24). The van der Waals surface area contributed by atoms with E-state index in [2.05, 4.69) is 15.3 Å². The van der Waals surface area contributed by atoms with E-state index in [9.17, 15) is 4.39 Å². The van der Waals surface area contributed by atoms with Crippen LogP contribution in [0.15, 0.2) is 66.7 Å². The summed E-state index contributed by atoms with van der Waals surface area (Å²) in [4.78, 5) is 7.37. The molecule has 0 amide bonds. The van der Waals surface area contributed by atoms with Gasteiger partial charge in [-0.2, -0.15) is 0 Å². The van der Waals surface area contributed by atoms with Gasteiger partial charge in [-0.3, -0.25) is 0 Å². The second-order valence-electron chi connectivity index (χ2n) is 5.77. The highest BCUT2D eigenvalue weighted by Crippen LogP contribution is 2.30. The molecule has 25 heavy (non-hydrogen) atoms. The van der Waals surface area contributed by atoms with E-state index in [1.165, 1.54) is 0 Å². The van der Waals surface area contributed by atoms with Crippen LogP contribution in [0.3, 0.4) is 0 Å². The minimum Gasteiger partial charge on any atom is -0.454 e. The normalized spacial score (nSPS) is 10.8. The minimum atomic E-state index is -0.490. The van der Waals surface area contributed by atoms with Crippen molar-refractivity contribution in [2.75, 3.05) is 5.32 Å². The van der Waals surface area contributed by atoms with E-state index in [1.807, 2.05) is 61.5 Å². The highest BCUT2D eigenvalue weighted by molar-refractivity contribution is 5.80. The Labute approximate surface area is 144 Å². The summed E-state index contributed by atoms with van der Waals surface area (Å²) >= 11 is 0. The van der Waals surface area contributed by atoms with E-state index < -0.39 is 5.82 Å².